The highest BCUT2D eigenvalue weighted by Crippen LogP contribution is 2.24. The number of H-pyrrole nitrogens is 4. The molecule has 6 heterocycles. The molecule has 10 heteroatoms. The van der Waals surface area contributed by atoms with E-state index < -0.39 is 0 Å². The summed E-state index contributed by atoms with van der Waals surface area (Å²) in [4.78, 5) is 29.9. The summed E-state index contributed by atoms with van der Waals surface area (Å²) in [5.41, 5.74) is 7.34. The first kappa shape index (κ1) is 22.1. The Kier molecular flexibility index (Phi) is 6.50. The van der Waals surface area contributed by atoms with E-state index in [1.54, 1.807) is 0 Å². The molecule has 0 aliphatic heterocycles. The number of nitrogens with one attached hydrogen (secondary N) is 4. The molecule has 0 saturated heterocycles. The molecule has 168 valence electrons. The maximum Gasteiger partial charge on any atom is 0.197 e. The molecule has 6 aromatic rings. The van der Waals surface area contributed by atoms with E-state index in [9.17, 15) is 0 Å². The Bertz CT molecular complexity index is 1240. The summed E-state index contributed by atoms with van der Waals surface area (Å²) in [7, 11) is 0. The molecule has 0 amide bonds. The predicted molar refractivity (Wildman–Crippen MR) is 139 cm³/mol. The lowest BCUT2D eigenvalue weighted by atomic mass is 10.2. The van der Waals surface area contributed by atoms with E-state index in [1.165, 1.54) is 0 Å². The van der Waals surface area contributed by atoms with E-state index in [0.29, 0.717) is 9.47 Å². The lowest BCUT2D eigenvalue weighted by Gasteiger charge is -2.02. The molecule has 34 heavy (non-hydrogen) atoms. The normalized spacial score (nSPS) is 10.6. The zero-order chi connectivity index (χ0) is 23.3. The fourth-order valence-corrected chi connectivity index (χ4v) is 4.11. The molecule has 4 N–H and O–H groups in total. The Labute approximate surface area is 211 Å². The molecule has 0 unspecified atom stereocenters. The topological polar surface area (TPSA) is 115 Å². The monoisotopic (exact) mass is 576 g/mol. The SMILES string of the molecule is Brc1nc(-c2ccc[nH]2)cc(-c2ccc[nH]2)n1.Brc1nc(-c2ccc[nH]2)cc(-c2ccc[nH]2)n1. The standard InChI is InChI=1S/2C12H9BrN4/c2*13-12-16-10(8-3-1-5-14-8)7-11(17-12)9-4-2-6-15-9/h2*1-7,14-15H. The van der Waals surface area contributed by atoms with Crippen molar-refractivity contribution in [2.45, 2.75) is 0 Å². The molecule has 0 fully saturated rings. The highest BCUT2D eigenvalue weighted by molar-refractivity contribution is 9.10. The second-order valence-electron chi connectivity index (χ2n) is 7.15. The molecule has 0 bridgehead atoms. The van der Waals surface area contributed by atoms with Gasteiger partial charge in [0, 0.05) is 24.8 Å². The lowest BCUT2D eigenvalue weighted by molar-refractivity contribution is 1.10. The van der Waals surface area contributed by atoms with Crippen molar-refractivity contribution in [2.24, 2.45) is 0 Å². The van der Waals surface area contributed by atoms with E-state index in [-0.39, 0.29) is 0 Å². The first-order valence-corrected chi connectivity index (χ1v) is 11.9. The van der Waals surface area contributed by atoms with Crippen LogP contribution in [0, 0.1) is 0 Å². The fraction of sp³-hybridized carbons (Fsp3) is 0. The van der Waals surface area contributed by atoms with Crippen molar-refractivity contribution >= 4 is 31.9 Å². The van der Waals surface area contributed by atoms with E-state index in [2.05, 4.69) is 71.7 Å². The van der Waals surface area contributed by atoms with E-state index >= 15 is 0 Å². The highest BCUT2D eigenvalue weighted by atomic mass is 79.9. The summed E-state index contributed by atoms with van der Waals surface area (Å²) < 4.78 is 1.16. The van der Waals surface area contributed by atoms with Crippen molar-refractivity contribution in [3.63, 3.8) is 0 Å². The van der Waals surface area contributed by atoms with Crippen LogP contribution in [0.5, 0.6) is 0 Å². The fourth-order valence-electron chi connectivity index (χ4n) is 3.35. The first-order chi connectivity index (χ1) is 16.7. The van der Waals surface area contributed by atoms with Crippen LogP contribution in [0.2, 0.25) is 0 Å². The summed E-state index contributed by atoms with van der Waals surface area (Å²) >= 11 is 6.67. The summed E-state index contributed by atoms with van der Waals surface area (Å²) in [5.74, 6) is 0. The third-order valence-electron chi connectivity index (χ3n) is 4.89. The van der Waals surface area contributed by atoms with Crippen LogP contribution < -0.4 is 0 Å². The van der Waals surface area contributed by atoms with Crippen molar-refractivity contribution in [2.75, 3.05) is 0 Å². The average molecular weight is 578 g/mol. The smallest absolute Gasteiger partial charge is 0.197 e. The van der Waals surface area contributed by atoms with Gasteiger partial charge in [-0.25, -0.2) is 19.9 Å². The minimum absolute atomic E-state index is 0.578. The van der Waals surface area contributed by atoms with Crippen molar-refractivity contribution in [1.82, 2.24) is 39.9 Å². The largest absolute Gasteiger partial charge is 0.360 e. The van der Waals surface area contributed by atoms with Gasteiger partial charge < -0.3 is 19.9 Å². The minimum Gasteiger partial charge on any atom is -0.360 e. The van der Waals surface area contributed by atoms with Crippen LogP contribution in [-0.4, -0.2) is 39.9 Å². The van der Waals surface area contributed by atoms with Gasteiger partial charge in [0.1, 0.15) is 0 Å². The Morgan fingerprint density at radius 2 is 0.706 bits per heavy atom. The lowest BCUT2D eigenvalue weighted by Crippen LogP contribution is -1.92. The molecular formula is C24H18Br2N8. The zero-order valence-corrected chi connectivity index (χ0v) is 20.8. The molecule has 0 saturated carbocycles. The van der Waals surface area contributed by atoms with Crippen molar-refractivity contribution in [3.8, 4) is 45.6 Å². The molecular weight excluding hydrogens is 560 g/mol. The Morgan fingerprint density at radius 1 is 0.441 bits per heavy atom. The molecule has 6 aromatic heterocycles. The van der Waals surface area contributed by atoms with Crippen LogP contribution in [-0.2, 0) is 0 Å². The number of aromatic amines is 4. The molecule has 0 radical (unpaired) electrons. The Balaban J connectivity index is 0.000000142. The van der Waals surface area contributed by atoms with Gasteiger partial charge in [0.15, 0.2) is 9.47 Å². The molecule has 0 spiro atoms. The van der Waals surface area contributed by atoms with Crippen molar-refractivity contribution < 1.29 is 0 Å². The van der Waals surface area contributed by atoms with Gasteiger partial charge in [-0.2, -0.15) is 0 Å². The number of hydrogen-bond acceptors (Lipinski definition) is 4. The van der Waals surface area contributed by atoms with E-state index in [1.807, 2.05) is 85.5 Å². The molecule has 0 atom stereocenters. The summed E-state index contributed by atoms with van der Waals surface area (Å²) in [6.45, 7) is 0. The predicted octanol–water partition coefficient (Wildman–Crippen LogP) is 6.46. The van der Waals surface area contributed by atoms with Gasteiger partial charge in [0.2, 0.25) is 0 Å². The number of halogens is 2. The van der Waals surface area contributed by atoms with Crippen LogP contribution >= 0.6 is 31.9 Å². The van der Waals surface area contributed by atoms with Gasteiger partial charge in [-0.05, 0) is 92.5 Å². The second-order valence-corrected chi connectivity index (χ2v) is 8.57. The second kappa shape index (κ2) is 10.0. The Morgan fingerprint density at radius 3 is 0.912 bits per heavy atom. The molecule has 0 aliphatic carbocycles. The Hall–Kier alpha value is -3.76. The highest BCUT2D eigenvalue weighted by Gasteiger charge is 2.09. The first-order valence-electron chi connectivity index (χ1n) is 10.3. The van der Waals surface area contributed by atoms with Gasteiger partial charge in [0.05, 0.1) is 45.6 Å². The van der Waals surface area contributed by atoms with Gasteiger partial charge >= 0.3 is 0 Å². The van der Waals surface area contributed by atoms with Crippen LogP contribution in [0.25, 0.3) is 45.6 Å². The van der Waals surface area contributed by atoms with Crippen LogP contribution in [0.3, 0.4) is 0 Å². The van der Waals surface area contributed by atoms with Gasteiger partial charge in [0.25, 0.3) is 0 Å². The maximum atomic E-state index is 4.35. The van der Waals surface area contributed by atoms with E-state index in [4.69, 9.17) is 0 Å². The number of hydrogen-bond donors (Lipinski definition) is 4. The maximum absolute atomic E-state index is 4.35. The van der Waals surface area contributed by atoms with Crippen molar-refractivity contribution in [3.05, 3.63) is 94.9 Å². The number of nitrogens with zero attached hydrogens (tertiary/aromatic N) is 4. The quantitative estimate of drug-likeness (QED) is 0.180. The number of aromatic nitrogens is 8. The summed E-state index contributed by atoms with van der Waals surface area (Å²) in [6, 6.07) is 19.6. The molecule has 0 aliphatic rings. The van der Waals surface area contributed by atoms with Gasteiger partial charge in [-0.15, -0.1) is 0 Å². The zero-order valence-electron chi connectivity index (χ0n) is 17.6. The molecule has 6 rings (SSSR count). The minimum atomic E-state index is 0.578. The van der Waals surface area contributed by atoms with Crippen LogP contribution in [0.4, 0.5) is 0 Å². The molecule has 0 aromatic carbocycles. The van der Waals surface area contributed by atoms with E-state index in [0.717, 1.165) is 45.6 Å². The third kappa shape index (κ3) is 5.08. The third-order valence-corrected chi connectivity index (χ3v) is 5.60. The average Bonchev–Trinajstić information content (AvgIpc) is 3.68. The van der Waals surface area contributed by atoms with Crippen molar-refractivity contribution in [1.29, 1.82) is 0 Å². The van der Waals surface area contributed by atoms with Gasteiger partial charge in [-0.1, -0.05) is 0 Å². The molecule has 8 nitrogen and oxygen atoms in total. The summed E-state index contributed by atoms with van der Waals surface area (Å²) in [5, 5.41) is 0. The summed E-state index contributed by atoms with van der Waals surface area (Å²) in [6.07, 6.45) is 7.50. The number of rotatable bonds is 4. The van der Waals surface area contributed by atoms with Crippen LogP contribution in [0.1, 0.15) is 0 Å². The van der Waals surface area contributed by atoms with Crippen LogP contribution in [0.15, 0.2) is 94.9 Å². The van der Waals surface area contributed by atoms with Gasteiger partial charge in [-0.3, -0.25) is 0 Å².